The van der Waals surface area contributed by atoms with Crippen molar-refractivity contribution in [3.63, 3.8) is 0 Å². The summed E-state index contributed by atoms with van der Waals surface area (Å²) in [5.41, 5.74) is 2.02. The molecular formula is C16H14O. The highest BCUT2D eigenvalue weighted by Crippen LogP contribution is 2.27. The Hall–Kier alpha value is -2.28. The van der Waals surface area contributed by atoms with Crippen molar-refractivity contribution in [1.82, 2.24) is 0 Å². The van der Waals surface area contributed by atoms with Crippen LogP contribution < -0.4 is 4.74 Å². The van der Waals surface area contributed by atoms with E-state index in [4.69, 9.17) is 4.74 Å². The summed E-state index contributed by atoms with van der Waals surface area (Å²) in [6.45, 7) is 7.54. The van der Waals surface area contributed by atoms with E-state index >= 15 is 0 Å². The van der Waals surface area contributed by atoms with Crippen LogP contribution in [0.3, 0.4) is 0 Å². The minimum atomic E-state index is 0.803. The van der Waals surface area contributed by atoms with Crippen LogP contribution in [0.5, 0.6) is 11.5 Å². The molecule has 0 saturated heterocycles. The molecule has 84 valence electrons. The normalized spacial score (nSPS) is 9.65. The highest BCUT2D eigenvalue weighted by Gasteiger charge is 2.02. The molecule has 0 aliphatic carbocycles. The first-order valence-electron chi connectivity index (χ1n) is 5.45. The van der Waals surface area contributed by atoms with Crippen molar-refractivity contribution in [3.05, 3.63) is 72.8 Å². The maximum absolute atomic E-state index is 5.79. The van der Waals surface area contributed by atoms with Crippen LogP contribution >= 0.6 is 0 Å². The van der Waals surface area contributed by atoms with Gasteiger partial charge in [0, 0.05) is 5.56 Å². The Bertz CT molecular complexity index is 526. The zero-order valence-corrected chi connectivity index (χ0v) is 9.60. The zero-order chi connectivity index (χ0) is 12.1. The minimum Gasteiger partial charge on any atom is -0.457 e. The second-order valence-electron chi connectivity index (χ2n) is 3.62. The SMILES string of the molecule is C=Cc1ccc(Oc2ccccc2)c(C=C)c1. The van der Waals surface area contributed by atoms with Gasteiger partial charge in [0.1, 0.15) is 11.5 Å². The molecule has 17 heavy (non-hydrogen) atoms. The van der Waals surface area contributed by atoms with E-state index in [2.05, 4.69) is 13.2 Å². The highest BCUT2D eigenvalue weighted by atomic mass is 16.5. The maximum Gasteiger partial charge on any atom is 0.134 e. The Morgan fingerprint density at radius 2 is 1.65 bits per heavy atom. The van der Waals surface area contributed by atoms with Gasteiger partial charge in [0.05, 0.1) is 0 Å². The Kier molecular flexibility index (Phi) is 3.41. The first kappa shape index (κ1) is 11.2. The zero-order valence-electron chi connectivity index (χ0n) is 9.60. The van der Waals surface area contributed by atoms with Crippen LogP contribution in [0.25, 0.3) is 12.2 Å². The van der Waals surface area contributed by atoms with Gasteiger partial charge in [0.25, 0.3) is 0 Å². The molecule has 0 saturated carbocycles. The highest BCUT2D eigenvalue weighted by molar-refractivity contribution is 5.62. The quantitative estimate of drug-likeness (QED) is 0.724. The van der Waals surface area contributed by atoms with E-state index in [0.29, 0.717) is 0 Å². The lowest BCUT2D eigenvalue weighted by atomic mass is 10.1. The van der Waals surface area contributed by atoms with Gasteiger partial charge in [-0.15, -0.1) is 0 Å². The largest absolute Gasteiger partial charge is 0.457 e. The molecule has 0 aliphatic heterocycles. The summed E-state index contributed by atoms with van der Waals surface area (Å²) in [4.78, 5) is 0. The number of para-hydroxylation sites is 1. The molecule has 0 aromatic heterocycles. The Labute approximate surface area is 102 Å². The molecular weight excluding hydrogens is 208 g/mol. The topological polar surface area (TPSA) is 9.23 Å². The molecule has 0 atom stereocenters. The Balaban J connectivity index is 2.33. The monoisotopic (exact) mass is 222 g/mol. The van der Waals surface area contributed by atoms with Crippen molar-refractivity contribution in [2.75, 3.05) is 0 Å². The van der Waals surface area contributed by atoms with Crippen LogP contribution in [0.4, 0.5) is 0 Å². The molecule has 0 bridgehead atoms. The van der Waals surface area contributed by atoms with E-state index in [1.165, 1.54) is 0 Å². The van der Waals surface area contributed by atoms with E-state index in [9.17, 15) is 0 Å². The van der Waals surface area contributed by atoms with Gasteiger partial charge in [-0.3, -0.25) is 0 Å². The van der Waals surface area contributed by atoms with Crippen molar-refractivity contribution >= 4 is 12.2 Å². The molecule has 1 nitrogen and oxygen atoms in total. The van der Waals surface area contributed by atoms with Crippen molar-refractivity contribution in [1.29, 1.82) is 0 Å². The van der Waals surface area contributed by atoms with Gasteiger partial charge >= 0.3 is 0 Å². The predicted molar refractivity (Wildman–Crippen MR) is 73.1 cm³/mol. The minimum absolute atomic E-state index is 0.803. The molecule has 0 spiro atoms. The summed E-state index contributed by atoms with van der Waals surface area (Å²) < 4.78 is 5.79. The van der Waals surface area contributed by atoms with Crippen LogP contribution in [0.2, 0.25) is 0 Å². The van der Waals surface area contributed by atoms with Gasteiger partial charge in [-0.05, 0) is 29.8 Å². The Morgan fingerprint density at radius 3 is 2.29 bits per heavy atom. The molecule has 0 radical (unpaired) electrons. The lowest BCUT2D eigenvalue weighted by Gasteiger charge is -2.09. The van der Waals surface area contributed by atoms with E-state index < -0.39 is 0 Å². The van der Waals surface area contributed by atoms with Gasteiger partial charge in [-0.1, -0.05) is 49.6 Å². The van der Waals surface area contributed by atoms with Gasteiger partial charge in [0.15, 0.2) is 0 Å². The summed E-state index contributed by atoms with van der Waals surface area (Å²) in [5, 5.41) is 0. The van der Waals surface area contributed by atoms with Crippen LogP contribution in [0.1, 0.15) is 11.1 Å². The summed E-state index contributed by atoms with van der Waals surface area (Å²) in [6.07, 6.45) is 3.59. The van der Waals surface area contributed by atoms with Crippen molar-refractivity contribution in [3.8, 4) is 11.5 Å². The van der Waals surface area contributed by atoms with Crippen LogP contribution in [0.15, 0.2) is 61.7 Å². The summed E-state index contributed by atoms with van der Waals surface area (Å²) in [7, 11) is 0. The number of rotatable bonds is 4. The second-order valence-corrected chi connectivity index (χ2v) is 3.62. The average molecular weight is 222 g/mol. The van der Waals surface area contributed by atoms with Crippen molar-refractivity contribution in [2.24, 2.45) is 0 Å². The predicted octanol–water partition coefficient (Wildman–Crippen LogP) is 4.76. The molecule has 0 fully saturated rings. The van der Waals surface area contributed by atoms with Gasteiger partial charge in [0.2, 0.25) is 0 Å². The van der Waals surface area contributed by atoms with E-state index in [-0.39, 0.29) is 0 Å². The third-order valence-corrected chi connectivity index (χ3v) is 2.46. The fourth-order valence-corrected chi connectivity index (χ4v) is 1.56. The molecule has 0 heterocycles. The molecule has 0 amide bonds. The second kappa shape index (κ2) is 5.17. The number of hydrogen-bond donors (Lipinski definition) is 0. The molecule has 1 heteroatoms. The summed E-state index contributed by atoms with van der Waals surface area (Å²) in [5.74, 6) is 1.62. The third-order valence-electron chi connectivity index (χ3n) is 2.46. The fraction of sp³-hybridized carbons (Fsp3) is 0. The van der Waals surface area contributed by atoms with Crippen molar-refractivity contribution < 1.29 is 4.74 Å². The first-order chi connectivity index (χ1) is 8.33. The molecule has 0 unspecified atom stereocenters. The standard InChI is InChI=1S/C16H14O/c1-3-13-10-11-16(14(4-2)12-13)17-15-8-6-5-7-9-15/h3-12H,1-2H2. The number of benzene rings is 2. The van der Waals surface area contributed by atoms with Gasteiger partial charge < -0.3 is 4.74 Å². The molecule has 2 aromatic carbocycles. The molecule has 0 N–H and O–H groups in total. The average Bonchev–Trinajstić information content (AvgIpc) is 2.40. The third kappa shape index (κ3) is 2.64. The van der Waals surface area contributed by atoms with E-state index in [0.717, 1.165) is 22.6 Å². The van der Waals surface area contributed by atoms with Crippen LogP contribution in [-0.2, 0) is 0 Å². The summed E-state index contributed by atoms with van der Waals surface area (Å²) >= 11 is 0. The van der Waals surface area contributed by atoms with Crippen LogP contribution in [-0.4, -0.2) is 0 Å². The number of ether oxygens (including phenoxy) is 1. The summed E-state index contributed by atoms with van der Waals surface area (Å²) in [6, 6.07) is 15.6. The van der Waals surface area contributed by atoms with Crippen LogP contribution in [0, 0.1) is 0 Å². The first-order valence-corrected chi connectivity index (χ1v) is 5.45. The van der Waals surface area contributed by atoms with Gasteiger partial charge in [-0.25, -0.2) is 0 Å². The van der Waals surface area contributed by atoms with E-state index in [1.807, 2.05) is 48.5 Å². The smallest absolute Gasteiger partial charge is 0.134 e. The van der Waals surface area contributed by atoms with Crippen molar-refractivity contribution in [2.45, 2.75) is 0 Å². The molecule has 2 rings (SSSR count). The lowest BCUT2D eigenvalue weighted by Crippen LogP contribution is -1.87. The Morgan fingerprint density at radius 1 is 0.882 bits per heavy atom. The maximum atomic E-state index is 5.79. The molecule has 0 aliphatic rings. The van der Waals surface area contributed by atoms with E-state index in [1.54, 1.807) is 12.2 Å². The van der Waals surface area contributed by atoms with Gasteiger partial charge in [-0.2, -0.15) is 0 Å². The molecule has 2 aromatic rings. The fourth-order valence-electron chi connectivity index (χ4n) is 1.56. The number of hydrogen-bond acceptors (Lipinski definition) is 1. The lowest BCUT2D eigenvalue weighted by molar-refractivity contribution is 0.481.